The smallest absolute Gasteiger partial charge is 0.342 e. The minimum atomic E-state index is -0.583. The van der Waals surface area contributed by atoms with Crippen molar-refractivity contribution >= 4 is 5.97 Å². The van der Waals surface area contributed by atoms with Gasteiger partial charge in [0.15, 0.2) is 0 Å². The van der Waals surface area contributed by atoms with Crippen molar-refractivity contribution in [2.75, 3.05) is 0 Å². The van der Waals surface area contributed by atoms with Crippen LogP contribution >= 0.6 is 0 Å². The molecule has 0 heterocycles. The highest BCUT2D eigenvalue weighted by molar-refractivity contribution is 5.94. The van der Waals surface area contributed by atoms with Crippen LogP contribution in [0.2, 0.25) is 0 Å². The van der Waals surface area contributed by atoms with E-state index in [0.717, 1.165) is 6.07 Å². The molecule has 0 radical (unpaired) electrons. The summed E-state index contributed by atoms with van der Waals surface area (Å²) in [7, 11) is 0. The molecule has 82 valence electrons. The lowest BCUT2D eigenvalue weighted by Gasteiger charge is -2.11. The Balaban J connectivity index is 3.09. The highest BCUT2D eigenvalue weighted by Crippen LogP contribution is 2.27. The average Bonchev–Trinajstić information content (AvgIpc) is 1.99. The molecule has 0 aliphatic heterocycles. The summed E-state index contributed by atoms with van der Waals surface area (Å²) < 4.78 is 4.96. The second-order valence-corrected chi connectivity index (χ2v) is 3.61. The van der Waals surface area contributed by atoms with E-state index < -0.39 is 5.97 Å². The van der Waals surface area contributed by atoms with Crippen LogP contribution in [-0.4, -0.2) is 22.3 Å². The molecule has 1 aromatic rings. The Kier molecular flexibility index (Phi) is 3.19. The van der Waals surface area contributed by atoms with Gasteiger partial charge in [0.05, 0.1) is 6.10 Å². The number of aromatic hydroxyl groups is 2. The van der Waals surface area contributed by atoms with Gasteiger partial charge in [-0.25, -0.2) is 4.79 Å². The third kappa shape index (κ3) is 2.62. The molecule has 0 spiro atoms. The van der Waals surface area contributed by atoms with Gasteiger partial charge in [0, 0.05) is 6.07 Å². The van der Waals surface area contributed by atoms with Gasteiger partial charge in [0.2, 0.25) is 0 Å². The molecule has 4 heteroatoms. The van der Waals surface area contributed by atoms with Gasteiger partial charge in [-0.15, -0.1) is 0 Å². The van der Waals surface area contributed by atoms with Crippen LogP contribution in [-0.2, 0) is 4.74 Å². The van der Waals surface area contributed by atoms with Crippen molar-refractivity contribution in [1.29, 1.82) is 0 Å². The Labute approximate surface area is 88.1 Å². The van der Waals surface area contributed by atoms with Crippen molar-refractivity contribution in [3.63, 3.8) is 0 Å². The number of hydrogen-bond acceptors (Lipinski definition) is 4. The summed E-state index contributed by atoms with van der Waals surface area (Å²) in [6, 6.07) is 2.51. The summed E-state index contributed by atoms with van der Waals surface area (Å²) in [5.41, 5.74) is 0.583. The van der Waals surface area contributed by atoms with E-state index in [2.05, 4.69) is 0 Å². The van der Waals surface area contributed by atoms with Crippen molar-refractivity contribution in [2.24, 2.45) is 0 Å². The van der Waals surface area contributed by atoms with Crippen LogP contribution in [0.3, 0.4) is 0 Å². The largest absolute Gasteiger partial charge is 0.508 e. The summed E-state index contributed by atoms with van der Waals surface area (Å²) in [5, 5.41) is 18.7. The molecule has 0 aliphatic rings. The molecule has 2 N–H and O–H groups in total. The first kappa shape index (κ1) is 11.4. The van der Waals surface area contributed by atoms with Crippen molar-refractivity contribution < 1.29 is 19.7 Å². The van der Waals surface area contributed by atoms with Crippen LogP contribution in [0, 0.1) is 6.92 Å². The molecule has 0 amide bonds. The molecule has 1 aromatic carbocycles. The summed E-state index contributed by atoms with van der Waals surface area (Å²) in [6.45, 7) is 5.08. The molecule has 0 bridgehead atoms. The lowest BCUT2D eigenvalue weighted by Crippen LogP contribution is -2.13. The Hall–Kier alpha value is -1.71. The number of ether oxygens (including phenoxy) is 1. The first-order valence-electron chi connectivity index (χ1n) is 4.65. The van der Waals surface area contributed by atoms with E-state index in [1.54, 1.807) is 20.8 Å². The third-order valence-electron chi connectivity index (χ3n) is 1.85. The van der Waals surface area contributed by atoms with E-state index in [1.807, 2.05) is 0 Å². The summed E-state index contributed by atoms with van der Waals surface area (Å²) in [6.07, 6.45) is -0.245. The number of carbonyl (C=O) groups is 1. The number of benzene rings is 1. The quantitative estimate of drug-likeness (QED) is 0.732. The first-order chi connectivity index (χ1) is 6.91. The van der Waals surface area contributed by atoms with Gasteiger partial charge < -0.3 is 14.9 Å². The van der Waals surface area contributed by atoms with E-state index in [4.69, 9.17) is 9.84 Å². The summed E-state index contributed by atoms with van der Waals surface area (Å²) >= 11 is 0. The molecule has 15 heavy (non-hydrogen) atoms. The number of phenols is 2. The zero-order chi connectivity index (χ0) is 11.6. The minimum Gasteiger partial charge on any atom is -0.508 e. The molecular formula is C11H14O4. The predicted molar refractivity (Wildman–Crippen MR) is 55.1 cm³/mol. The molecule has 0 aromatic heterocycles. The average molecular weight is 210 g/mol. The van der Waals surface area contributed by atoms with E-state index >= 15 is 0 Å². The molecule has 0 saturated heterocycles. The second kappa shape index (κ2) is 4.21. The van der Waals surface area contributed by atoms with Gasteiger partial charge >= 0.3 is 5.97 Å². The minimum absolute atomic E-state index is 0.0777. The van der Waals surface area contributed by atoms with Crippen LogP contribution in [0.25, 0.3) is 0 Å². The maximum atomic E-state index is 11.5. The molecule has 1 rings (SSSR count). The number of phenolic OH excluding ortho intramolecular Hbond substituents is 2. The second-order valence-electron chi connectivity index (χ2n) is 3.61. The molecule has 0 aliphatic carbocycles. The fourth-order valence-electron chi connectivity index (χ4n) is 1.29. The van der Waals surface area contributed by atoms with Crippen LogP contribution in [0.1, 0.15) is 29.8 Å². The Morgan fingerprint density at radius 3 is 2.40 bits per heavy atom. The predicted octanol–water partition coefficient (Wildman–Crippen LogP) is 1.97. The molecule has 0 saturated carbocycles. The third-order valence-corrected chi connectivity index (χ3v) is 1.85. The lowest BCUT2D eigenvalue weighted by molar-refractivity contribution is 0.0374. The van der Waals surface area contributed by atoms with Crippen LogP contribution < -0.4 is 0 Å². The Morgan fingerprint density at radius 1 is 1.33 bits per heavy atom. The standard InChI is InChI=1S/C11H14O4/c1-6(2)15-11(14)10-7(3)4-8(12)5-9(10)13/h4-6,12-13H,1-3H3. The molecule has 0 fully saturated rings. The van der Waals surface area contributed by atoms with Gasteiger partial charge in [0.1, 0.15) is 17.1 Å². The molecule has 0 unspecified atom stereocenters. The lowest BCUT2D eigenvalue weighted by atomic mass is 10.1. The SMILES string of the molecule is Cc1cc(O)cc(O)c1C(=O)OC(C)C. The van der Waals surface area contributed by atoms with E-state index in [-0.39, 0.29) is 23.2 Å². The Bertz CT molecular complexity index is 359. The fourth-order valence-corrected chi connectivity index (χ4v) is 1.29. The van der Waals surface area contributed by atoms with Crippen molar-refractivity contribution in [1.82, 2.24) is 0 Å². The normalized spacial score (nSPS) is 10.4. The summed E-state index contributed by atoms with van der Waals surface area (Å²) in [5.74, 6) is -0.927. The van der Waals surface area contributed by atoms with E-state index in [1.165, 1.54) is 6.07 Å². The number of carbonyl (C=O) groups excluding carboxylic acids is 1. The number of rotatable bonds is 2. The van der Waals surface area contributed by atoms with Gasteiger partial charge in [0.25, 0.3) is 0 Å². The summed E-state index contributed by atoms with van der Waals surface area (Å²) in [4.78, 5) is 11.5. The van der Waals surface area contributed by atoms with Crippen LogP contribution in [0.5, 0.6) is 11.5 Å². The Morgan fingerprint density at radius 2 is 1.93 bits per heavy atom. The van der Waals surface area contributed by atoms with Gasteiger partial charge in [-0.05, 0) is 32.4 Å². The highest BCUT2D eigenvalue weighted by atomic mass is 16.5. The first-order valence-corrected chi connectivity index (χ1v) is 4.65. The van der Waals surface area contributed by atoms with E-state index in [9.17, 15) is 9.90 Å². The zero-order valence-electron chi connectivity index (χ0n) is 8.94. The van der Waals surface area contributed by atoms with Crippen LogP contribution in [0.15, 0.2) is 12.1 Å². The molecular weight excluding hydrogens is 196 g/mol. The highest BCUT2D eigenvalue weighted by Gasteiger charge is 2.17. The van der Waals surface area contributed by atoms with Gasteiger partial charge in [-0.2, -0.15) is 0 Å². The number of hydrogen-bond donors (Lipinski definition) is 2. The van der Waals surface area contributed by atoms with Crippen molar-refractivity contribution in [3.05, 3.63) is 23.3 Å². The number of aryl methyl sites for hydroxylation is 1. The van der Waals surface area contributed by atoms with Crippen molar-refractivity contribution in [3.8, 4) is 11.5 Å². The van der Waals surface area contributed by atoms with Gasteiger partial charge in [-0.1, -0.05) is 0 Å². The topological polar surface area (TPSA) is 66.8 Å². The van der Waals surface area contributed by atoms with Gasteiger partial charge in [-0.3, -0.25) is 0 Å². The van der Waals surface area contributed by atoms with E-state index in [0.29, 0.717) is 5.56 Å². The van der Waals surface area contributed by atoms with Crippen molar-refractivity contribution in [2.45, 2.75) is 26.9 Å². The maximum Gasteiger partial charge on any atom is 0.342 e. The molecule has 4 nitrogen and oxygen atoms in total. The maximum absolute atomic E-state index is 11.5. The number of esters is 1. The monoisotopic (exact) mass is 210 g/mol. The zero-order valence-corrected chi connectivity index (χ0v) is 8.94. The van der Waals surface area contributed by atoms with Crippen LogP contribution in [0.4, 0.5) is 0 Å². The fraction of sp³-hybridized carbons (Fsp3) is 0.364. The molecule has 0 atom stereocenters.